The van der Waals surface area contributed by atoms with Crippen LogP contribution in [0.3, 0.4) is 0 Å². The maximum Gasteiger partial charge on any atom is -0.0386 e. The first-order valence-electron chi connectivity index (χ1n) is 6.59. The van der Waals surface area contributed by atoms with E-state index < -0.39 is 0 Å². The van der Waals surface area contributed by atoms with Crippen molar-refractivity contribution in [3.05, 3.63) is 0 Å². The molecule has 0 radical (unpaired) electrons. The van der Waals surface area contributed by atoms with Crippen molar-refractivity contribution in [3.63, 3.8) is 0 Å². The van der Waals surface area contributed by atoms with E-state index in [9.17, 15) is 0 Å². The average molecular weight is 196 g/mol. The molecule has 0 saturated heterocycles. The molecule has 0 bridgehead atoms. The van der Waals surface area contributed by atoms with Gasteiger partial charge in [-0.2, -0.15) is 0 Å². The Hall–Kier alpha value is 0. The van der Waals surface area contributed by atoms with Gasteiger partial charge in [-0.1, -0.05) is 59.8 Å². The zero-order valence-electron chi connectivity index (χ0n) is 10.6. The Balaban J connectivity index is 2.25. The second kappa shape index (κ2) is 5.78. The van der Waals surface area contributed by atoms with E-state index in [0.29, 0.717) is 0 Å². The third kappa shape index (κ3) is 4.02. The van der Waals surface area contributed by atoms with Crippen LogP contribution in [0.15, 0.2) is 0 Å². The molecule has 1 fully saturated rings. The highest BCUT2D eigenvalue weighted by molar-refractivity contribution is 4.74. The minimum absolute atomic E-state index is 0.887. The van der Waals surface area contributed by atoms with E-state index >= 15 is 0 Å². The third-order valence-corrected chi connectivity index (χ3v) is 3.98. The molecule has 1 saturated carbocycles. The molecule has 1 aliphatic rings. The zero-order valence-corrected chi connectivity index (χ0v) is 10.6. The van der Waals surface area contributed by atoms with Gasteiger partial charge in [-0.25, -0.2) is 0 Å². The molecular formula is C14H28. The summed E-state index contributed by atoms with van der Waals surface area (Å²) in [5.41, 5.74) is 0. The van der Waals surface area contributed by atoms with E-state index in [1.54, 1.807) is 0 Å². The minimum atomic E-state index is 0.887. The summed E-state index contributed by atoms with van der Waals surface area (Å²) in [6.45, 7) is 9.60. The lowest BCUT2D eigenvalue weighted by atomic mass is 9.74. The van der Waals surface area contributed by atoms with Crippen molar-refractivity contribution in [1.29, 1.82) is 0 Å². The summed E-state index contributed by atoms with van der Waals surface area (Å²) < 4.78 is 0. The largest absolute Gasteiger partial charge is 0.0628 e. The number of hydrogen-bond acceptors (Lipinski definition) is 0. The summed E-state index contributed by atoms with van der Waals surface area (Å²) in [5, 5.41) is 0. The fourth-order valence-corrected chi connectivity index (χ4v) is 2.83. The minimum Gasteiger partial charge on any atom is -0.0628 e. The molecule has 1 aliphatic carbocycles. The first kappa shape index (κ1) is 12.1. The van der Waals surface area contributed by atoms with Gasteiger partial charge in [0.05, 0.1) is 0 Å². The van der Waals surface area contributed by atoms with E-state index in [1.165, 1.54) is 38.5 Å². The average Bonchev–Trinajstić information content (AvgIpc) is 2.14. The number of hydrogen-bond donors (Lipinski definition) is 0. The van der Waals surface area contributed by atoms with Crippen molar-refractivity contribution in [1.82, 2.24) is 0 Å². The highest BCUT2D eigenvalue weighted by atomic mass is 14.3. The molecule has 0 aromatic carbocycles. The van der Waals surface area contributed by atoms with Gasteiger partial charge in [-0.05, 0) is 30.1 Å². The molecule has 0 aromatic rings. The Morgan fingerprint density at radius 1 is 1.07 bits per heavy atom. The summed E-state index contributed by atoms with van der Waals surface area (Å²) in [6, 6.07) is 0. The molecule has 0 aliphatic heterocycles. The molecule has 0 nitrogen and oxygen atoms in total. The first-order valence-corrected chi connectivity index (χ1v) is 6.59. The molecule has 0 heterocycles. The highest BCUT2D eigenvalue weighted by Crippen LogP contribution is 2.35. The maximum atomic E-state index is 2.48. The van der Waals surface area contributed by atoms with Gasteiger partial charge in [-0.15, -0.1) is 0 Å². The van der Waals surface area contributed by atoms with Crippen LogP contribution in [0.1, 0.15) is 66.2 Å². The molecule has 1 rings (SSSR count). The lowest BCUT2D eigenvalue weighted by Crippen LogP contribution is -2.20. The molecule has 0 amide bonds. The van der Waals surface area contributed by atoms with Gasteiger partial charge in [0.1, 0.15) is 0 Å². The van der Waals surface area contributed by atoms with Crippen LogP contribution in [0.5, 0.6) is 0 Å². The Bertz CT molecular complexity index is 148. The second-order valence-corrected chi connectivity index (χ2v) is 5.98. The van der Waals surface area contributed by atoms with Crippen molar-refractivity contribution in [2.24, 2.45) is 23.7 Å². The second-order valence-electron chi connectivity index (χ2n) is 5.98. The predicted octanol–water partition coefficient (Wildman–Crippen LogP) is 4.89. The van der Waals surface area contributed by atoms with E-state index in [-0.39, 0.29) is 0 Å². The first-order chi connectivity index (χ1) is 6.59. The van der Waals surface area contributed by atoms with Gasteiger partial charge < -0.3 is 0 Å². The lowest BCUT2D eigenvalue weighted by Gasteiger charge is -2.31. The topological polar surface area (TPSA) is 0 Å². The van der Waals surface area contributed by atoms with Crippen LogP contribution in [0.4, 0.5) is 0 Å². The smallest absolute Gasteiger partial charge is 0.0386 e. The summed E-state index contributed by atoms with van der Waals surface area (Å²) in [6.07, 6.45) is 8.84. The monoisotopic (exact) mass is 196 g/mol. The molecule has 14 heavy (non-hydrogen) atoms. The van der Waals surface area contributed by atoms with Gasteiger partial charge in [0, 0.05) is 0 Å². The van der Waals surface area contributed by atoms with Gasteiger partial charge in [0.15, 0.2) is 0 Å². The normalized spacial score (nSPS) is 30.6. The molecule has 0 N–H and O–H groups in total. The fourth-order valence-electron chi connectivity index (χ4n) is 2.83. The van der Waals surface area contributed by atoms with Crippen molar-refractivity contribution < 1.29 is 0 Å². The third-order valence-electron chi connectivity index (χ3n) is 3.98. The van der Waals surface area contributed by atoms with E-state index in [0.717, 1.165) is 23.7 Å². The SMILES string of the molecule is CC(C)CCC(C)C1CCCC(C)C1. The summed E-state index contributed by atoms with van der Waals surface area (Å²) >= 11 is 0. The lowest BCUT2D eigenvalue weighted by molar-refractivity contribution is 0.201. The maximum absolute atomic E-state index is 2.48. The van der Waals surface area contributed by atoms with E-state index in [2.05, 4.69) is 27.7 Å². The van der Waals surface area contributed by atoms with Crippen LogP contribution < -0.4 is 0 Å². The van der Waals surface area contributed by atoms with Gasteiger partial charge in [0.25, 0.3) is 0 Å². The van der Waals surface area contributed by atoms with Crippen molar-refractivity contribution in [3.8, 4) is 0 Å². The molecular weight excluding hydrogens is 168 g/mol. The quantitative estimate of drug-likeness (QED) is 0.601. The van der Waals surface area contributed by atoms with E-state index in [1.807, 2.05) is 0 Å². The van der Waals surface area contributed by atoms with Crippen LogP contribution in [-0.4, -0.2) is 0 Å². The highest BCUT2D eigenvalue weighted by Gasteiger charge is 2.23. The molecule has 0 aromatic heterocycles. The Morgan fingerprint density at radius 2 is 1.79 bits per heavy atom. The van der Waals surface area contributed by atoms with Gasteiger partial charge >= 0.3 is 0 Å². The van der Waals surface area contributed by atoms with Gasteiger partial charge in [0.2, 0.25) is 0 Å². The molecule has 84 valence electrons. The number of rotatable bonds is 4. The fraction of sp³-hybridized carbons (Fsp3) is 1.00. The van der Waals surface area contributed by atoms with E-state index in [4.69, 9.17) is 0 Å². The van der Waals surface area contributed by atoms with Crippen molar-refractivity contribution >= 4 is 0 Å². The van der Waals surface area contributed by atoms with Crippen molar-refractivity contribution in [2.45, 2.75) is 66.2 Å². The van der Waals surface area contributed by atoms with Crippen LogP contribution in [-0.2, 0) is 0 Å². The molecule has 3 atom stereocenters. The van der Waals surface area contributed by atoms with Crippen LogP contribution in [0, 0.1) is 23.7 Å². The van der Waals surface area contributed by atoms with Crippen LogP contribution in [0.25, 0.3) is 0 Å². The Morgan fingerprint density at radius 3 is 2.36 bits per heavy atom. The van der Waals surface area contributed by atoms with Crippen LogP contribution in [0.2, 0.25) is 0 Å². The standard InChI is InChI=1S/C14H28/c1-11(2)8-9-13(4)14-7-5-6-12(3)10-14/h11-14H,5-10H2,1-4H3. The zero-order chi connectivity index (χ0) is 10.6. The Labute approximate surface area is 90.5 Å². The molecule has 0 spiro atoms. The molecule has 3 unspecified atom stereocenters. The predicted molar refractivity (Wildman–Crippen MR) is 64.4 cm³/mol. The summed E-state index contributed by atoms with van der Waals surface area (Å²) in [5.74, 6) is 3.89. The molecule has 0 heteroatoms. The summed E-state index contributed by atoms with van der Waals surface area (Å²) in [4.78, 5) is 0. The van der Waals surface area contributed by atoms with Crippen LogP contribution >= 0.6 is 0 Å². The van der Waals surface area contributed by atoms with Gasteiger partial charge in [-0.3, -0.25) is 0 Å². The Kier molecular flexibility index (Phi) is 4.98. The summed E-state index contributed by atoms with van der Waals surface area (Å²) in [7, 11) is 0. The van der Waals surface area contributed by atoms with Crippen molar-refractivity contribution in [2.75, 3.05) is 0 Å².